The quantitative estimate of drug-likeness (QED) is 0.801. The summed E-state index contributed by atoms with van der Waals surface area (Å²) in [7, 11) is 0. The second-order valence-electron chi connectivity index (χ2n) is 6.55. The molecular weight excluding hydrogens is 252 g/mol. The highest BCUT2D eigenvalue weighted by Crippen LogP contribution is 2.36. The van der Waals surface area contributed by atoms with Crippen molar-refractivity contribution in [2.45, 2.75) is 57.0 Å². The van der Waals surface area contributed by atoms with Gasteiger partial charge in [0.2, 0.25) is 5.91 Å². The van der Waals surface area contributed by atoms with Gasteiger partial charge in [0.05, 0.1) is 12.0 Å². The maximum atomic E-state index is 11.3. The van der Waals surface area contributed by atoms with Crippen LogP contribution >= 0.6 is 0 Å². The fourth-order valence-corrected chi connectivity index (χ4v) is 3.70. The number of likely N-dealkylation sites (tertiary alicyclic amines) is 1. The number of nitrogens with two attached hydrogens (primary N) is 2. The zero-order valence-electron chi connectivity index (χ0n) is 12.3. The van der Waals surface area contributed by atoms with Gasteiger partial charge in [-0.15, -0.1) is 0 Å². The van der Waals surface area contributed by atoms with Crippen molar-refractivity contribution in [3.8, 4) is 6.07 Å². The number of piperidine rings is 1. The highest BCUT2D eigenvalue weighted by molar-refractivity contribution is 5.76. The summed E-state index contributed by atoms with van der Waals surface area (Å²) in [4.78, 5) is 13.7. The molecule has 0 aromatic heterocycles. The Balaban J connectivity index is 1.89. The standard InChI is InChI=1S/C15H26N4O/c1-11-4-5-12(14(17)20)9-19(11)8-6-13-3-2-7-15(13,18)10-16/h11-13H,2-9,18H2,1H3,(H2,17,20). The number of hydrogen-bond acceptors (Lipinski definition) is 4. The molecule has 0 aromatic carbocycles. The molecule has 2 fully saturated rings. The molecule has 0 spiro atoms. The zero-order valence-corrected chi connectivity index (χ0v) is 12.3. The number of nitrogens with zero attached hydrogens (tertiary/aromatic N) is 2. The van der Waals surface area contributed by atoms with Crippen LogP contribution in [-0.2, 0) is 4.79 Å². The average molecular weight is 278 g/mol. The summed E-state index contributed by atoms with van der Waals surface area (Å²) in [6.07, 6.45) is 5.77. The van der Waals surface area contributed by atoms with E-state index in [0.717, 1.165) is 51.6 Å². The van der Waals surface area contributed by atoms with Gasteiger partial charge in [-0.25, -0.2) is 0 Å². The lowest BCUT2D eigenvalue weighted by molar-refractivity contribution is -0.124. The van der Waals surface area contributed by atoms with Gasteiger partial charge in [-0.05, 0) is 51.5 Å². The van der Waals surface area contributed by atoms with Crippen molar-refractivity contribution >= 4 is 5.91 Å². The molecule has 1 aliphatic carbocycles. The summed E-state index contributed by atoms with van der Waals surface area (Å²) < 4.78 is 0. The Labute approximate surface area is 121 Å². The number of primary amides is 1. The number of nitriles is 1. The molecule has 20 heavy (non-hydrogen) atoms. The van der Waals surface area contributed by atoms with Crippen LogP contribution in [0.2, 0.25) is 0 Å². The molecule has 1 saturated carbocycles. The first-order valence-electron chi connectivity index (χ1n) is 7.70. The average Bonchev–Trinajstić information content (AvgIpc) is 2.79. The topological polar surface area (TPSA) is 96.1 Å². The van der Waals surface area contributed by atoms with E-state index in [9.17, 15) is 10.1 Å². The molecule has 2 aliphatic rings. The summed E-state index contributed by atoms with van der Waals surface area (Å²) in [5, 5.41) is 9.25. The molecule has 1 amide bonds. The third-order valence-electron chi connectivity index (χ3n) is 5.26. The second kappa shape index (κ2) is 6.11. The summed E-state index contributed by atoms with van der Waals surface area (Å²) in [6, 6.07) is 2.79. The summed E-state index contributed by atoms with van der Waals surface area (Å²) in [6.45, 7) is 3.87. The lowest BCUT2D eigenvalue weighted by Gasteiger charge is -2.38. The van der Waals surface area contributed by atoms with E-state index in [1.54, 1.807) is 0 Å². The highest BCUT2D eigenvalue weighted by Gasteiger charge is 2.40. The van der Waals surface area contributed by atoms with Crippen LogP contribution in [0.3, 0.4) is 0 Å². The van der Waals surface area contributed by atoms with Gasteiger partial charge >= 0.3 is 0 Å². The molecule has 5 heteroatoms. The van der Waals surface area contributed by atoms with Gasteiger partial charge in [-0.2, -0.15) is 5.26 Å². The van der Waals surface area contributed by atoms with Crippen LogP contribution in [0.25, 0.3) is 0 Å². The molecule has 0 aromatic rings. The third-order valence-corrected chi connectivity index (χ3v) is 5.26. The predicted molar refractivity (Wildman–Crippen MR) is 77.4 cm³/mol. The lowest BCUT2D eigenvalue weighted by atomic mass is 9.86. The zero-order chi connectivity index (χ0) is 14.8. The first-order valence-corrected chi connectivity index (χ1v) is 7.70. The van der Waals surface area contributed by atoms with E-state index in [1.807, 2.05) is 0 Å². The molecule has 2 rings (SSSR count). The monoisotopic (exact) mass is 278 g/mol. The fraction of sp³-hybridized carbons (Fsp3) is 0.867. The number of hydrogen-bond donors (Lipinski definition) is 2. The molecular formula is C15H26N4O. The van der Waals surface area contributed by atoms with Gasteiger partial charge in [-0.3, -0.25) is 9.69 Å². The number of rotatable bonds is 4. The third kappa shape index (κ3) is 3.13. The SMILES string of the molecule is CC1CCC(C(N)=O)CN1CCC1CCCC1(N)C#N. The van der Waals surface area contributed by atoms with E-state index < -0.39 is 5.54 Å². The van der Waals surface area contributed by atoms with Crippen LogP contribution in [-0.4, -0.2) is 35.5 Å². The van der Waals surface area contributed by atoms with Crippen molar-refractivity contribution in [3.05, 3.63) is 0 Å². The summed E-state index contributed by atoms with van der Waals surface area (Å²) in [5.41, 5.74) is 11.0. The maximum Gasteiger partial charge on any atom is 0.221 e. The largest absolute Gasteiger partial charge is 0.369 e. The van der Waals surface area contributed by atoms with E-state index in [4.69, 9.17) is 11.5 Å². The van der Waals surface area contributed by atoms with E-state index in [0.29, 0.717) is 6.04 Å². The van der Waals surface area contributed by atoms with Crippen molar-refractivity contribution in [2.75, 3.05) is 13.1 Å². The van der Waals surface area contributed by atoms with Crippen LogP contribution in [0.5, 0.6) is 0 Å². The Bertz CT molecular complexity index is 405. The number of carbonyl (C=O) groups excluding carboxylic acids is 1. The van der Waals surface area contributed by atoms with Crippen molar-refractivity contribution in [2.24, 2.45) is 23.3 Å². The Hall–Kier alpha value is -1.12. The minimum atomic E-state index is -0.637. The fourth-order valence-electron chi connectivity index (χ4n) is 3.70. The second-order valence-corrected chi connectivity index (χ2v) is 6.55. The first kappa shape index (κ1) is 15.3. The van der Waals surface area contributed by atoms with Gasteiger partial charge in [0.15, 0.2) is 0 Å². The molecule has 5 nitrogen and oxygen atoms in total. The van der Waals surface area contributed by atoms with Crippen molar-refractivity contribution in [1.29, 1.82) is 5.26 Å². The Morgan fingerprint density at radius 1 is 1.45 bits per heavy atom. The summed E-state index contributed by atoms with van der Waals surface area (Å²) in [5.74, 6) is 0.0787. The molecule has 4 N–H and O–H groups in total. The molecule has 4 unspecified atom stereocenters. The van der Waals surface area contributed by atoms with Gasteiger partial charge in [0, 0.05) is 12.6 Å². The van der Waals surface area contributed by atoms with Gasteiger partial charge in [0.1, 0.15) is 5.54 Å². The van der Waals surface area contributed by atoms with Gasteiger partial charge in [-0.1, -0.05) is 6.42 Å². The molecule has 0 bridgehead atoms. The van der Waals surface area contributed by atoms with E-state index in [1.165, 1.54) is 0 Å². The number of amides is 1. The van der Waals surface area contributed by atoms with Crippen molar-refractivity contribution < 1.29 is 4.79 Å². The minimum Gasteiger partial charge on any atom is -0.369 e. The molecule has 1 saturated heterocycles. The van der Waals surface area contributed by atoms with Crippen LogP contribution in [0.4, 0.5) is 0 Å². The molecule has 1 heterocycles. The molecule has 112 valence electrons. The van der Waals surface area contributed by atoms with Crippen LogP contribution < -0.4 is 11.5 Å². The lowest BCUT2D eigenvalue weighted by Crippen LogP contribution is -2.48. The predicted octanol–water partition coefficient (Wildman–Crippen LogP) is 0.983. The molecule has 0 radical (unpaired) electrons. The normalized spacial score (nSPS) is 38.5. The van der Waals surface area contributed by atoms with Crippen LogP contribution in [0.1, 0.15) is 45.4 Å². The smallest absolute Gasteiger partial charge is 0.221 e. The van der Waals surface area contributed by atoms with Gasteiger partial charge in [0.25, 0.3) is 0 Å². The van der Waals surface area contributed by atoms with Crippen LogP contribution in [0, 0.1) is 23.2 Å². The highest BCUT2D eigenvalue weighted by atomic mass is 16.1. The number of carbonyl (C=O) groups is 1. The summed E-state index contributed by atoms with van der Waals surface area (Å²) >= 11 is 0. The van der Waals surface area contributed by atoms with Crippen LogP contribution in [0.15, 0.2) is 0 Å². The minimum absolute atomic E-state index is 0.0200. The Morgan fingerprint density at radius 3 is 2.85 bits per heavy atom. The van der Waals surface area contributed by atoms with Gasteiger partial charge < -0.3 is 11.5 Å². The Morgan fingerprint density at radius 2 is 2.20 bits per heavy atom. The van der Waals surface area contributed by atoms with Crippen molar-refractivity contribution in [1.82, 2.24) is 4.90 Å². The maximum absolute atomic E-state index is 11.3. The van der Waals surface area contributed by atoms with E-state index in [2.05, 4.69) is 17.9 Å². The Kier molecular flexibility index (Phi) is 4.66. The first-order chi connectivity index (χ1) is 9.46. The molecule has 1 aliphatic heterocycles. The van der Waals surface area contributed by atoms with E-state index in [-0.39, 0.29) is 17.7 Å². The van der Waals surface area contributed by atoms with Crippen molar-refractivity contribution in [3.63, 3.8) is 0 Å². The van der Waals surface area contributed by atoms with E-state index >= 15 is 0 Å². The molecule has 4 atom stereocenters.